The van der Waals surface area contributed by atoms with Crippen LogP contribution in [0.1, 0.15) is 33.1 Å². The van der Waals surface area contributed by atoms with E-state index >= 15 is 0 Å². The monoisotopic (exact) mass is 210 g/mol. The van der Waals surface area contributed by atoms with Crippen molar-refractivity contribution in [3.63, 3.8) is 0 Å². The maximum atomic E-state index is 12.0. The highest BCUT2D eigenvalue weighted by Crippen LogP contribution is 2.21. The van der Waals surface area contributed by atoms with Crippen LogP contribution in [0.25, 0.3) is 0 Å². The summed E-state index contributed by atoms with van der Waals surface area (Å²) in [5.41, 5.74) is 2.47. The van der Waals surface area contributed by atoms with Crippen LogP contribution in [-0.4, -0.2) is 29.8 Å². The average molecular weight is 210 g/mol. The summed E-state index contributed by atoms with van der Waals surface area (Å²) in [7, 11) is 0. The molecule has 0 radical (unpaired) electrons. The van der Waals surface area contributed by atoms with Gasteiger partial charge in [-0.3, -0.25) is 0 Å². The summed E-state index contributed by atoms with van der Waals surface area (Å²) in [5.74, 6) is 0. The Labute approximate surface area is 82.4 Å². The van der Waals surface area contributed by atoms with Crippen LogP contribution in [-0.2, 0) is 0 Å². The van der Waals surface area contributed by atoms with Gasteiger partial charge in [0.25, 0.3) is 0 Å². The summed E-state index contributed by atoms with van der Waals surface area (Å²) >= 11 is 0. The summed E-state index contributed by atoms with van der Waals surface area (Å²) in [6.07, 6.45) is -1.09. The third kappa shape index (κ3) is 3.46. The smallest absolute Gasteiger partial charge is 0.246 e. The molecular weight excluding hydrogens is 193 g/mol. The number of hydrogen-bond acceptors (Lipinski definition) is 2. The third-order valence-corrected chi connectivity index (χ3v) is 2.66. The molecule has 0 saturated carbocycles. The molecule has 1 aliphatic heterocycles. The van der Waals surface area contributed by atoms with Gasteiger partial charge in [0, 0.05) is 12.1 Å². The zero-order valence-corrected chi connectivity index (χ0v) is 8.56. The van der Waals surface area contributed by atoms with Crippen molar-refractivity contribution in [1.29, 1.82) is 0 Å². The number of halogens is 3. The molecule has 1 aliphatic rings. The van der Waals surface area contributed by atoms with Gasteiger partial charge in [0.15, 0.2) is 0 Å². The van der Waals surface area contributed by atoms with E-state index in [0.29, 0.717) is 0 Å². The van der Waals surface area contributed by atoms with Gasteiger partial charge in [-0.2, -0.15) is 13.2 Å². The molecule has 14 heavy (non-hydrogen) atoms. The Kier molecular flexibility index (Phi) is 3.78. The fourth-order valence-electron chi connectivity index (χ4n) is 1.91. The third-order valence-electron chi connectivity index (χ3n) is 2.66. The first-order valence-corrected chi connectivity index (χ1v) is 4.99. The van der Waals surface area contributed by atoms with Gasteiger partial charge in [0.1, 0.15) is 6.54 Å². The van der Waals surface area contributed by atoms with Crippen LogP contribution in [0.3, 0.4) is 0 Å². The molecule has 2 nitrogen and oxygen atoms in total. The Bertz CT molecular complexity index is 171. The number of rotatable bonds is 2. The maximum absolute atomic E-state index is 12.0. The van der Waals surface area contributed by atoms with Gasteiger partial charge in [-0.15, -0.1) is 0 Å². The molecule has 0 aliphatic carbocycles. The van der Waals surface area contributed by atoms with Crippen molar-refractivity contribution in [1.82, 2.24) is 10.4 Å². The highest BCUT2D eigenvalue weighted by atomic mass is 19.4. The Balaban J connectivity index is 2.40. The van der Waals surface area contributed by atoms with Crippen LogP contribution >= 0.6 is 0 Å². The van der Waals surface area contributed by atoms with Crippen molar-refractivity contribution in [3.05, 3.63) is 0 Å². The van der Waals surface area contributed by atoms with E-state index in [9.17, 15) is 13.2 Å². The van der Waals surface area contributed by atoms with Gasteiger partial charge in [-0.25, -0.2) is 10.4 Å². The molecule has 2 unspecified atom stereocenters. The largest absolute Gasteiger partial charge is 0.402 e. The second kappa shape index (κ2) is 4.49. The number of alkyl halides is 3. The first kappa shape index (κ1) is 11.8. The van der Waals surface area contributed by atoms with Gasteiger partial charge in [-0.1, -0.05) is 6.42 Å². The number of hydrazine groups is 1. The minimum absolute atomic E-state index is 0.195. The molecule has 1 N–H and O–H groups in total. The first-order valence-electron chi connectivity index (χ1n) is 4.99. The lowest BCUT2D eigenvalue weighted by Crippen LogP contribution is -2.54. The van der Waals surface area contributed by atoms with Crippen molar-refractivity contribution in [3.8, 4) is 0 Å². The summed E-state index contributed by atoms with van der Waals surface area (Å²) in [5, 5.41) is 1.73. The van der Waals surface area contributed by atoms with E-state index in [2.05, 4.69) is 5.43 Å². The summed E-state index contributed by atoms with van der Waals surface area (Å²) in [6.45, 7) is 2.99. The van der Waals surface area contributed by atoms with E-state index in [1.807, 2.05) is 13.8 Å². The zero-order valence-electron chi connectivity index (χ0n) is 8.56. The normalized spacial score (nSPS) is 30.6. The molecule has 0 spiro atoms. The fraction of sp³-hybridized carbons (Fsp3) is 1.00. The second-order valence-corrected chi connectivity index (χ2v) is 3.99. The van der Waals surface area contributed by atoms with Crippen molar-refractivity contribution in [2.45, 2.75) is 51.4 Å². The molecule has 0 amide bonds. The molecule has 1 fully saturated rings. The Morgan fingerprint density at radius 3 is 2.14 bits per heavy atom. The lowest BCUT2D eigenvalue weighted by atomic mass is 10.00. The van der Waals surface area contributed by atoms with Crippen LogP contribution in [0.2, 0.25) is 0 Å². The number of piperidine rings is 1. The number of nitrogens with zero attached hydrogens (tertiary/aromatic N) is 1. The van der Waals surface area contributed by atoms with Gasteiger partial charge in [0.2, 0.25) is 0 Å². The van der Waals surface area contributed by atoms with Gasteiger partial charge >= 0.3 is 6.18 Å². The van der Waals surface area contributed by atoms with Crippen molar-refractivity contribution >= 4 is 0 Å². The Morgan fingerprint density at radius 1 is 1.21 bits per heavy atom. The van der Waals surface area contributed by atoms with E-state index in [-0.39, 0.29) is 12.1 Å². The van der Waals surface area contributed by atoms with Crippen LogP contribution in [0.5, 0.6) is 0 Å². The fourth-order valence-corrected chi connectivity index (χ4v) is 1.91. The van der Waals surface area contributed by atoms with E-state index in [1.54, 1.807) is 5.01 Å². The molecular formula is C9H17F3N2. The standard InChI is InChI=1S/C9H17F3N2/c1-7-4-3-5-8(2)14(7)13-6-9(10,11)12/h7-8,13H,3-6H2,1-2H3. The minimum Gasteiger partial charge on any atom is -0.246 e. The lowest BCUT2D eigenvalue weighted by molar-refractivity contribution is -0.140. The molecule has 1 saturated heterocycles. The zero-order chi connectivity index (χ0) is 10.8. The second-order valence-electron chi connectivity index (χ2n) is 3.99. The average Bonchev–Trinajstić information content (AvgIpc) is 2.01. The molecule has 0 aromatic rings. The molecule has 2 atom stereocenters. The highest BCUT2D eigenvalue weighted by molar-refractivity contribution is 4.77. The Morgan fingerprint density at radius 2 is 1.71 bits per heavy atom. The minimum atomic E-state index is -4.13. The molecule has 0 aromatic heterocycles. The molecule has 0 bridgehead atoms. The highest BCUT2D eigenvalue weighted by Gasteiger charge is 2.31. The maximum Gasteiger partial charge on any atom is 0.402 e. The Hall–Kier alpha value is -0.290. The van der Waals surface area contributed by atoms with E-state index in [0.717, 1.165) is 19.3 Å². The molecule has 5 heteroatoms. The number of hydrogen-bond donors (Lipinski definition) is 1. The summed E-state index contributed by atoms with van der Waals surface area (Å²) < 4.78 is 35.9. The topological polar surface area (TPSA) is 15.3 Å². The van der Waals surface area contributed by atoms with Crippen LogP contribution in [0.15, 0.2) is 0 Å². The predicted molar refractivity (Wildman–Crippen MR) is 48.7 cm³/mol. The van der Waals surface area contributed by atoms with Crippen LogP contribution in [0, 0.1) is 0 Å². The quantitative estimate of drug-likeness (QED) is 0.752. The van der Waals surface area contributed by atoms with Crippen molar-refractivity contribution < 1.29 is 13.2 Å². The molecule has 84 valence electrons. The van der Waals surface area contributed by atoms with Gasteiger partial charge < -0.3 is 0 Å². The molecule has 0 aromatic carbocycles. The van der Waals surface area contributed by atoms with Crippen LogP contribution < -0.4 is 5.43 Å². The lowest BCUT2D eigenvalue weighted by Gasteiger charge is -2.39. The summed E-state index contributed by atoms with van der Waals surface area (Å²) in [6, 6.07) is 0.391. The number of nitrogens with one attached hydrogen (secondary N) is 1. The van der Waals surface area contributed by atoms with Gasteiger partial charge in [-0.05, 0) is 26.7 Å². The van der Waals surface area contributed by atoms with Gasteiger partial charge in [0.05, 0.1) is 0 Å². The van der Waals surface area contributed by atoms with E-state index in [1.165, 1.54) is 0 Å². The SMILES string of the molecule is CC1CCCC(C)N1NCC(F)(F)F. The molecule has 1 heterocycles. The van der Waals surface area contributed by atoms with Crippen LogP contribution in [0.4, 0.5) is 13.2 Å². The predicted octanol–water partition coefficient (Wildman–Crippen LogP) is 2.32. The van der Waals surface area contributed by atoms with E-state index < -0.39 is 12.7 Å². The van der Waals surface area contributed by atoms with Crippen molar-refractivity contribution in [2.24, 2.45) is 0 Å². The summed E-state index contributed by atoms with van der Waals surface area (Å²) in [4.78, 5) is 0. The van der Waals surface area contributed by atoms with E-state index in [4.69, 9.17) is 0 Å². The van der Waals surface area contributed by atoms with Crippen molar-refractivity contribution in [2.75, 3.05) is 6.54 Å². The molecule has 1 rings (SSSR count). The first-order chi connectivity index (χ1) is 6.40.